The highest BCUT2D eigenvalue weighted by Crippen LogP contribution is 2.35. The van der Waals surface area contributed by atoms with Gasteiger partial charge in [0.1, 0.15) is 53.5 Å². The summed E-state index contributed by atoms with van der Waals surface area (Å²) in [4.78, 5) is 97.1. The van der Waals surface area contributed by atoms with Crippen molar-refractivity contribution in [1.82, 2.24) is 9.97 Å². The number of esters is 7. The molecule has 1 heterocycles. The van der Waals surface area contributed by atoms with E-state index in [4.69, 9.17) is 52.6 Å². The first kappa shape index (κ1) is 54.4. The van der Waals surface area contributed by atoms with E-state index in [0.717, 1.165) is 18.2 Å². The molecule has 0 unspecified atom stereocenters. The van der Waals surface area contributed by atoms with E-state index in [2.05, 4.69) is 19.7 Å². The molecule has 394 valence electrons. The Labute approximate surface area is 450 Å². The lowest BCUT2D eigenvalue weighted by atomic mass is 10.0. The van der Waals surface area contributed by atoms with Crippen LogP contribution in [0.2, 0.25) is 0 Å². The third-order valence-corrected chi connectivity index (χ3v) is 11.0. The van der Waals surface area contributed by atoms with Gasteiger partial charge in [-0.1, -0.05) is 44.0 Å². The highest BCUT2D eigenvalue weighted by Gasteiger charge is 2.20. The number of rotatable bonds is 22. The van der Waals surface area contributed by atoms with Crippen LogP contribution >= 0.6 is 0 Å². The van der Waals surface area contributed by atoms with Crippen molar-refractivity contribution in [3.05, 3.63) is 224 Å². The second-order valence-corrected chi connectivity index (χ2v) is 16.4. The maximum absolute atomic E-state index is 13.5. The number of aromatic nitrogens is 2. The summed E-state index contributed by atoms with van der Waals surface area (Å²) >= 11 is 0. The summed E-state index contributed by atoms with van der Waals surface area (Å²) in [7, 11) is 0. The van der Waals surface area contributed by atoms with Crippen LogP contribution in [-0.4, -0.2) is 78.2 Å². The third-order valence-electron chi connectivity index (χ3n) is 11.0. The number of nitrogens with zero attached hydrogens (tertiary/aromatic N) is 2. The van der Waals surface area contributed by atoms with Crippen molar-refractivity contribution in [3.63, 3.8) is 0 Å². The lowest BCUT2D eigenvalue weighted by molar-refractivity contribution is -0.139. The second kappa shape index (κ2) is 26.1. The van der Waals surface area contributed by atoms with Gasteiger partial charge in [0.15, 0.2) is 0 Å². The van der Waals surface area contributed by atoms with E-state index >= 15 is 0 Å². The van der Waals surface area contributed by atoms with Crippen LogP contribution in [0.5, 0.6) is 40.2 Å². The molecule has 0 saturated carbocycles. The average Bonchev–Trinajstić information content (AvgIpc) is 3.47. The Balaban J connectivity index is 0.988. The first-order valence-corrected chi connectivity index (χ1v) is 23.8. The van der Waals surface area contributed by atoms with E-state index in [1.807, 2.05) is 0 Å². The van der Waals surface area contributed by atoms with Crippen molar-refractivity contribution in [3.8, 4) is 62.8 Å². The Morgan fingerprint density at radius 1 is 0.354 bits per heavy atom. The van der Waals surface area contributed by atoms with Gasteiger partial charge in [-0.05, 0) is 133 Å². The number of carbonyl (C=O) groups is 7. The molecular weight excluding hydrogens is 1020 g/mol. The lowest BCUT2D eigenvalue weighted by Gasteiger charge is -2.14. The monoisotopic (exact) mass is 1060 g/mol. The third kappa shape index (κ3) is 14.9. The first-order chi connectivity index (χ1) is 38.3. The number of ether oxygens (including phenoxy) is 9. The highest BCUT2D eigenvalue weighted by molar-refractivity contribution is 5.97. The molecule has 0 N–H and O–H groups in total. The van der Waals surface area contributed by atoms with Crippen molar-refractivity contribution in [2.24, 2.45) is 0 Å². The lowest BCUT2D eigenvalue weighted by Crippen LogP contribution is -2.12. The minimum Gasteiger partial charge on any atom is -0.491 e. The molecule has 18 nitrogen and oxygen atoms in total. The Bertz CT molecular complexity index is 3610. The fraction of sp³-hybridized carbons (Fsp3) is 0.0656. The van der Waals surface area contributed by atoms with Crippen LogP contribution in [0.1, 0.15) is 41.4 Å². The number of hydrogen-bond acceptors (Lipinski definition) is 18. The molecule has 0 saturated heterocycles. The summed E-state index contributed by atoms with van der Waals surface area (Å²) in [6.45, 7) is 10.7. The molecule has 7 aromatic carbocycles. The summed E-state index contributed by atoms with van der Waals surface area (Å²) in [5.74, 6) is -3.02. The van der Waals surface area contributed by atoms with Crippen molar-refractivity contribution >= 4 is 52.8 Å². The van der Waals surface area contributed by atoms with Crippen molar-refractivity contribution in [2.75, 3.05) is 26.4 Å². The van der Waals surface area contributed by atoms with E-state index in [0.29, 0.717) is 39.3 Å². The molecule has 8 aromatic rings. The summed E-state index contributed by atoms with van der Waals surface area (Å²) in [5.41, 5.74) is 3.23. The zero-order valence-corrected chi connectivity index (χ0v) is 41.7. The molecule has 0 fully saturated rings. The van der Waals surface area contributed by atoms with Crippen molar-refractivity contribution in [2.45, 2.75) is 0 Å². The average molecular weight is 1060 g/mol. The standard InChI is InChI=1S/C61H44N2O16/c1-4-53(64)73-34-32-71-31-33-72-48-29-30-51-52(37-48)63-57(43-10-8-12-50(36-43)79-61(70)41-19-15-39(16-20-41)59(68)77-47-27-23-45(24-28-47)75-55(66)6-3)56(62-51)42-9-7-11-49(35-42)78-60(69)40-17-13-38(14-18-40)58(67)76-46-25-21-44(22-26-46)74-54(65)5-2/h4-30,35-37H,1-3,31-34H2. The van der Waals surface area contributed by atoms with E-state index in [9.17, 15) is 33.6 Å². The van der Waals surface area contributed by atoms with Gasteiger partial charge >= 0.3 is 41.8 Å². The Morgan fingerprint density at radius 3 is 1.14 bits per heavy atom. The van der Waals surface area contributed by atoms with E-state index < -0.39 is 41.8 Å². The fourth-order valence-electron chi connectivity index (χ4n) is 7.14. The van der Waals surface area contributed by atoms with Gasteiger partial charge in [0.2, 0.25) is 0 Å². The molecule has 0 amide bonds. The SMILES string of the molecule is C=CC(=O)OCCOCCOc1ccc2nc(-c3cccc(OC(=O)c4ccc(C(=O)Oc5ccc(OC(=O)C=C)cc5)cc4)c3)c(-c3cccc(OC(=O)c4ccc(C(=O)Oc5ccc(OC(=O)C=C)cc5)cc4)c3)nc2c1. The van der Waals surface area contributed by atoms with Gasteiger partial charge in [0.05, 0.1) is 57.9 Å². The summed E-state index contributed by atoms with van der Waals surface area (Å²) in [5, 5.41) is 0. The molecule has 0 bridgehead atoms. The van der Waals surface area contributed by atoms with Crippen LogP contribution in [0.4, 0.5) is 0 Å². The van der Waals surface area contributed by atoms with Gasteiger partial charge in [-0.15, -0.1) is 0 Å². The maximum Gasteiger partial charge on any atom is 0.343 e. The molecule has 18 heteroatoms. The molecule has 0 aliphatic carbocycles. The smallest absolute Gasteiger partial charge is 0.343 e. The van der Waals surface area contributed by atoms with Crippen LogP contribution in [0.3, 0.4) is 0 Å². The predicted octanol–water partition coefficient (Wildman–Crippen LogP) is 10.1. The molecule has 79 heavy (non-hydrogen) atoms. The van der Waals surface area contributed by atoms with Crippen LogP contribution in [0.25, 0.3) is 33.5 Å². The second-order valence-electron chi connectivity index (χ2n) is 16.4. The normalized spacial score (nSPS) is 10.5. The van der Waals surface area contributed by atoms with Crippen LogP contribution < -0.4 is 33.2 Å². The predicted molar refractivity (Wildman–Crippen MR) is 285 cm³/mol. The maximum atomic E-state index is 13.5. The van der Waals surface area contributed by atoms with Gasteiger partial charge in [-0.2, -0.15) is 0 Å². The van der Waals surface area contributed by atoms with Gasteiger partial charge in [-0.25, -0.2) is 43.5 Å². The van der Waals surface area contributed by atoms with Gasteiger partial charge in [0.25, 0.3) is 0 Å². The van der Waals surface area contributed by atoms with E-state index in [-0.39, 0.29) is 83.2 Å². The molecule has 0 radical (unpaired) electrons. The minimum atomic E-state index is -0.726. The number of benzene rings is 7. The molecule has 0 atom stereocenters. The van der Waals surface area contributed by atoms with Crippen LogP contribution in [-0.2, 0) is 23.9 Å². The zero-order valence-electron chi connectivity index (χ0n) is 41.7. The molecule has 1 aromatic heterocycles. The number of hydrogen-bond donors (Lipinski definition) is 0. The van der Waals surface area contributed by atoms with Gasteiger partial charge in [0, 0.05) is 35.4 Å². The van der Waals surface area contributed by atoms with Crippen molar-refractivity contribution < 1.29 is 76.2 Å². The number of fused-ring (bicyclic) bond motifs is 1. The topological polar surface area (TPSA) is 228 Å². The molecular formula is C61H44N2O16. The highest BCUT2D eigenvalue weighted by atomic mass is 16.6. The van der Waals surface area contributed by atoms with E-state index in [1.54, 1.807) is 66.7 Å². The summed E-state index contributed by atoms with van der Waals surface area (Å²) in [6.07, 6.45) is 3.11. The van der Waals surface area contributed by atoms with E-state index in [1.165, 1.54) is 97.1 Å². The number of carbonyl (C=O) groups excluding carboxylic acids is 7. The summed E-state index contributed by atoms with van der Waals surface area (Å²) < 4.78 is 48.9. The Morgan fingerprint density at radius 2 is 0.722 bits per heavy atom. The van der Waals surface area contributed by atoms with Crippen LogP contribution in [0.15, 0.2) is 202 Å². The largest absolute Gasteiger partial charge is 0.491 e. The minimum absolute atomic E-state index is 0.0586. The van der Waals surface area contributed by atoms with Crippen LogP contribution in [0, 0.1) is 0 Å². The Hall–Kier alpha value is -10.9. The van der Waals surface area contributed by atoms with Crippen molar-refractivity contribution in [1.29, 1.82) is 0 Å². The first-order valence-electron chi connectivity index (χ1n) is 23.8. The summed E-state index contributed by atoms with van der Waals surface area (Å²) in [6, 6.07) is 41.4. The molecule has 0 aliphatic heterocycles. The molecule has 0 aliphatic rings. The fourth-order valence-corrected chi connectivity index (χ4v) is 7.14. The zero-order chi connectivity index (χ0) is 55.7. The molecule has 8 rings (SSSR count). The van der Waals surface area contributed by atoms with Gasteiger partial charge in [-0.3, -0.25) is 0 Å². The van der Waals surface area contributed by atoms with Gasteiger partial charge < -0.3 is 42.6 Å². The molecule has 0 spiro atoms. The Kier molecular flexibility index (Phi) is 18.0. The quantitative estimate of drug-likeness (QED) is 0.0266.